The molecule has 0 aliphatic heterocycles. The van der Waals surface area contributed by atoms with Gasteiger partial charge in [0.15, 0.2) is 0 Å². The smallest absolute Gasteiger partial charge is 0.102 e. The van der Waals surface area contributed by atoms with Gasteiger partial charge in [0.05, 0.1) is 11.4 Å². The largest absolute Gasteiger partial charge is 0.323 e. The predicted molar refractivity (Wildman–Crippen MR) is 68.2 cm³/mol. The summed E-state index contributed by atoms with van der Waals surface area (Å²) in [6.07, 6.45) is 0. The molecule has 17 heavy (non-hydrogen) atoms. The van der Waals surface area contributed by atoms with E-state index >= 15 is 0 Å². The molecule has 1 unspecified atom stereocenters. The Morgan fingerprint density at radius 3 is 2.53 bits per heavy atom. The summed E-state index contributed by atoms with van der Waals surface area (Å²) in [5.74, 6) is 0. The van der Waals surface area contributed by atoms with Gasteiger partial charge in [0.1, 0.15) is 5.69 Å². The van der Waals surface area contributed by atoms with Crippen LogP contribution in [0.2, 0.25) is 0 Å². The van der Waals surface area contributed by atoms with Gasteiger partial charge in [-0.1, -0.05) is 17.3 Å². The van der Waals surface area contributed by atoms with Crippen molar-refractivity contribution in [2.45, 2.75) is 33.7 Å². The van der Waals surface area contributed by atoms with Gasteiger partial charge < -0.3 is 5.73 Å². The Labute approximate surface area is 101 Å². The van der Waals surface area contributed by atoms with E-state index in [4.69, 9.17) is 5.73 Å². The molecule has 0 saturated carbocycles. The van der Waals surface area contributed by atoms with E-state index in [2.05, 4.69) is 42.4 Å². The molecule has 0 radical (unpaired) electrons. The lowest BCUT2D eigenvalue weighted by atomic mass is 10.1. The fraction of sp³-hybridized carbons (Fsp3) is 0.385. The number of aromatic nitrogens is 3. The maximum Gasteiger partial charge on any atom is 0.102 e. The third kappa shape index (κ3) is 2.08. The van der Waals surface area contributed by atoms with Crippen LogP contribution in [0.4, 0.5) is 0 Å². The summed E-state index contributed by atoms with van der Waals surface area (Å²) in [6.45, 7) is 8.06. The first-order chi connectivity index (χ1) is 8.00. The lowest BCUT2D eigenvalue weighted by Gasteiger charge is -2.09. The van der Waals surface area contributed by atoms with E-state index in [1.165, 1.54) is 11.1 Å². The van der Waals surface area contributed by atoms with Gasteiger partial charge in [-0.2, -0.15) is 0 Å². The van der Waals surface area contributed by atoms with Crippen LogP contribution >= 0.6 is 0 Å². The van der Waals surface area contributed by atoms with Gasteiger partial charge in [0.2, 0.25) is 0 Å². The SMILES string of the molecule is Cc1ccc(C)c(-n2nnc(C(C)N)c2C)c1. The van der Waals surface area contributed by atoms with E-state index in [-0.39, 0.29) is 6.04 Å². The summed E-state index contributed by atoms with van der Waals surface area (Å²) in [4.78, 5) is 0. The van der Waals surface area contributed by atoms with Crippen LogP contribution < -0.4 is 5.73 Å². The molecule has 90 valence electrons. The van der Waals surface area contributed by atoms with Crippen molar-refractivity contribution in [3.63, 3.8) is 0 Å². The molecule has 1 aromatic heterocycles. The third-order valence-corrected chi connectivity index (χ3v) is 2.95. The second-order valence-corrected chi connectivity index (χ2v) is 4.55. The second kappa shape index (κ2) is 4.30. The standard InChI is InChI=1S/C13H18N4/c1-8-5-6-9(2)12(7-8)17-11(4)13(10(3)14)15-16-17/h5-7,10H,14H2,1-4H3. The zero-order chi connectivity index (χ0) is 12.6. The summed E-state index contributed by atoms with van der Waals surface area (Å²) >= 11 is 0. The molecule has 1 heterocycles. The van der Waals surface area contributed by atoms with Crippen LogP contribution in [-0.2, 0) is 0 Å². The first-order valence-corrected chi connectivity index (χ1v) is 5.76. The van der Waals surface area contributed by atoms with Gasteiger partial charge in [0, 0.05) is 6.04 Å². The van der Waals surface area contributed by atoms with Crippen molar-refractivity contribution in [2.75, 3.05) is 0 Å². The van der Waals surface area contributed by atoms with Gasteiger partial charge in [-0.3, -0.25) is 0 Å². The third-order valence-electron chi connectivity index (χ3n) is 2.95. The Hall–Kier alpha value is -1.68. The van der Waals surface area contributed by atoms with Crippen molar-refractivity contribution in [3.05, 3.63) is 40.7 Å². The molecule has 4 nitrogen and oxygen atoms in total. The predicted octanol–water partition coefficient (Wildman–Crippen LogP) is 2.21. The van der Waals surface area contributed by atoms with E-state index in [9.17, 15) is 0 Å². The van der Waals surface area contributed by atoms with E-state index in [0.29, 0.717) is 0 Å². The normalized spacial score (nSPS) is 12.8. The average Bonchev–Trinajstić information content (AvgIpc) is 2.64. The molecular weight excluding hydrogens is 212 g/mol. The summed E-state index contributed by atoms with van der Waals surface area (Å²) in [5, 5.41) is 8.35. The minimum absolute atomic E-state index is 0.0890. The first kappa shape index (κ1) is 11.8. The molecule has 2 rings (SSSR count). The summed E-state index contributed by atoms with van der Waals surface area (Å²) in [5.41, 5.74) is 11.2. The van der Waals surface area contributed by atoms with E-state index in [1.807, 2.05) is 18.5 Å². The van der Waals surface area contributed by atoms with Gasteiger partial charge in [0.25, 0.3) is 0 Å². The minimum Gasteiger partial charge on any atom is -0.323 e. The molecule has 2 N–H and O–H groups in total. The summed E-state index contributed by atoms with van der Waals surface area (Å²) in [6, 6.07) is 6.21. The summed E-state index contributed by atoms with van der Waals surface area (Å²) < 4.78 is 1.86. The fourth-order valence-corrected chi connectivity index (χ4v) is 1.94. The maximum absolute atomic E-state index is 5.86. The van der Waals surface area contributed by atoms with Crippen molar-refractivity contribution in [2.24, 2.45) is 5.73 Å². The van der Waals surface area contributed by atoms with Crippen LogP contribution in [0.1, 0.15) is 35.5 Å². The van der Waals surface area contributed by atoms with Crippen molar-refractivity contribution in [3.8, 4) is 5.69 Å². The number of nitrogens with zero attached hydrogens (tertiary/aromatic N) is 3. The Kier molecular flexibility index (Phi) is 2.98. The van der Waals surface area contributed by atoms with Gasteiger partial charge in [-0.25, -0.2) is 4.68 Å². The highest BCUT2D eigenvalue weighted by molar-refractivity contribution is 5.43. The molecular formula is C13H18N4. The van der Waals surface area contributed by atoms with Crippen LogP contribution in [0.5, 0.6) is 0 Å². The average molecular weight is 230 g/mol. The number of hydrogen-bond acceptors (Lipinski definition) is 3. The van der Waals surface area contributed by atoms with Gasteiger partial charge in [-0.15, -0.1) is 5.10 Å². The molecule has 0 amide bonds. The molecule has 1 aromatic carbocycles. The number of benzene rings is 1. The number of rotatable bonds is 2. The van der Waals surface area contributed by atoms with E-state index in [1.54, 1.807) is 0 Å². The number of aryl methyl sites for hydroxylation is 2. The van der Waals surface area contributed by atoms with Crippen LogP contribution in [0.3, 0.4) is 0 Å². The minimum atomic E-state index is -0.0890. The topological polar surface area (TPSA) is 56.7 Å². The molecule has 1 atom stereocenters. The zero-order valence-corrected chi connectivity index (χ0v) is 10.7. The highest BCUT2D eigenvalue weighted by Crippen LogP contribution is 2.19. The van der Waals surface area contributed by atoms with Crippen LogP contribution in [0.25, 0.3) is 5.69 Å². The Balaban J connectivity index is 2.57. The highest BCUT2D eigenvalue weighted by atomic mass is 15.4. The molecule has 0 aliphatic carbocycles. The molecule has 2 aromatic rings. The molecule has 0 fully saturated rings. The second-order valence-electron chi connectivity index (χ2n) is 4.55. The molecule has 4 heteroatoms. The van der Waals surface area contributed by atoms with Crippen molar-refractivity contribution < 1.29 is 0 Å². The highest BCUT2D eigenvalue weighted by Gasteiger charge is 2.14. The summed E-state index contributed by atoms with van der Waals surface area (Å²) in [7, 11) is 0. The quantitative estimate of drug-likeness (QED) is 0.860. The monoisotopic (exact) mass is 230 g/mol. The van der Waals surface area contributed by atoms with Gasteiger partial charge >= 0.3 is 0 Å². The zero-order valence-electron chi connectivity index (χ0n) is 10.7. The van der Waals surface area contributed by atoms with Gasteiger partial charge in [-0.05, 0) is 44.9 Å². The van der Waals surface area contributed by atoms with Crippen molar-refractivity contribution in [1.29, 1.82) is 0 Å². The lowest BCUT2D eigenvalue weighted by molar-refractivity contribution is 0.755. The Morgan fingerprint density at radius 2 is 1.94 bits per heavy atom. The maximum atomic E-state index is 5.86. The molecule has 0 aliphatic rings. The van der Waals surface area contributed by atoms with Crippen LogP contribution in [-0.4, -0.2) is 15.0 Å². The Morgan fingerprint density at radius 1 is 1.24 bits per heavy atom. The van der Waals surface area contributed by atoms with Crippen LogP contribution in [0.15, 0.2) is 18.2 Å². The molecule has 0 spiro atoms. The van der Waals surface area contributed by atoms with Crippen molar-refractivity contribution in [1.82, 2.24) is 15.0 Å². The van der Waals surface area contributed by atoms with E-state index < -0.39 is 0 Å². The molecule has 0 bridgehead atoms. The van der Waals surface area contributed by atoms with E-state index in [0.717, 1.165) is 17.1 Å². The van der Waals surface area contributed by atoms with Crippen molar-refractivity contribution >= 4 is 0 Å². The Bertz CT molecular complexity index is 540. The first-order valence-electron chi connectivity index (χ1n) is 5.76. The van der Waals surface area contributed by atoms with Crippen LogP contribution in [0, 0.1) is 20.8 Å². The lowest BCUT2D eigenvalue weighted by Crippen LogP contribution is -2.08. The number of nitrogens with two attached hydrogens (primary N) is 1. The fourth-order valence-electron chi connectivity index (χ4n) is 1.94. The molecule has 0 saturated heterocycles. The number of hydrogen-bond donors (Lipinski definition) is 1.